The van der Waals surface area contributed by atoms with Gasteiger partial charge in [-0.1, -0.05) is 41.5 Å². The Hall–Kier alpha value is -3.28. The molecule has 0 spiro atoms. The van der Waals surface area contributed by atoms with Crippen LogP contribution < -0.4 is 4.90 Å². The van der Waals surface area contributed by atoms with Gasteiger partial charge in [-0.25, -0.2) is 4.79 Å². The Bertz CT molecular complexity index is 1050. The van der Waals surface area contributed by atoms with Crippen molar-refractivity contribution in [2.75, 3.05) is 31.1 Å². The Kier molecular flexibility index (Phi) is 7.10. The molecule has 0 aromatic heterocycles. The Labute approximate surface area is 202 Å². The number of piperazine rings is 1. The number of aromatic hydroxyl groups is 1. The third kappa shape index (κ3) is 5.79. The van der Waals surface area contributed by atoms with Crippen molar-refractivity contribution < 1.29 is 19.8 Å². The summed E-state index contributed by atoms with van der Waals surface area (Å²) in [7, 11) is 0. The van der Waals surface area contributed by atoms with Crippen molar-refractivity contribution in [3.63, 3.8) is 0 Å². The first-order valence-corrected chi connectivity index (χ1v) is 11.7. The largest absolute Gasteiger partial charge is 0.507 e. The average molecular weight is 465 g/mol. The van der Waals surface area contributed by atoms with Crippen molar-refractivity contribution in [1.29, 1.82) is 0 Å². The molecule has 1 fully saturated rings. The van der Waals surface area contributed by atoms with E-state index in [-0.39, 0.29) is 22.3 Å². The number of carbonyl (C=O) groups excluding carboxylic acids is 1. The quantitative estimate of drug-likeness (QED) is 0.619. The van der Waals surface area contributed by atoms with Gasteiger partial charge in [0.15, 0.2) is 0 Å². The van der Waals surface area contributed by atoms with Crippen LogP contribution >= 0.6 is 0 Å². The van der Waals surface area contributed by atoms with Gasteiger partial charge in [0, 0.05) is 49.1 Å². The van der Waals surface area contributed by atoms with Crippen LogP contribution in [0.15, 0.2) is 42.5 Å². The molecule has 0 radical (unpaired) electrons. The third-order valence-electron chi connectivity index (χ3n) is 6.24. The van der Waals surface area contributed by atoms with Gasteiger partial charge in [0.1, 0.15) is 5.75 Å². The zero-order valence-corrected chi connectivity index (χ0v) is 21.1. The van der Waals surface area contributed by atoms with Gasteiger partial charge >= 0.3 is 5.97 Å². The summed E-state index contributed by atoms with van der Waals surface area (Å²) in [4.78, 5) is 27.9. The molecule has 0 atom stereocenters. The molecule has 1 saturated heterocycles. The number of phenolic OH excluding ortho intramolecular Hbond substituents is 1. The van der Waals surface area contributed by atoms with E-state index in [1.165, 1.54) is 0 Å². The molecule has 182 valence electrons. The summed E-state index contributed by atoms with van der Waals surface area (Å²) in [6, 6.07) is 10.8. The first kappa shape index (κ1) is 25.3. The van der Waals surface area contributed by atoms with E-state index in [9.17, 15) is 14.7 Å². The normalized spacial score (nSPS) is 15.1. The first-order chi connectivity index (χ1) is 15.8. The molecule has 0 bridgehead atoms. The molecule has 1 aliphatic heterocycles. The average Bonchev–Trinajstić information content (AvgIpc) is 2.76. The lowest BCUT2D eigenvalue weighted by molar-refractivity contribution is -0.126. The van der Waals surface area contributed by atoms with E-state index in [2.05, 4.69) is 46.4 Å². The van der Waals surface area contributed by atoms with Crippen molar-refractivity contribution in [3.05, 3.63) is 64.7 Å². The van der Waals surface area contributed by atoms with E-state index in [1.54, 1.807) is 18.2 Å². The van der Waals surface area contributed by atoms with E-state index in [0.717, 1.165) is 22.4 Å². The lowest BCUT2D eigenvalue weighted by atomic mass is 9.78. The molecule has 1 heterocycles. The number of carbonyl (C=O) groups is 2. The number of carboxylic acid groups (broad SMARTS) is 1. The fourth-order valence-corrected chi connectivity index (χ4v) is 4.17. The standard InChI is InChI=1S/C28H36N2O4/c1-27(2,3)22-17-19(18-23(25(22)32)28(4,5)6)7-12-24(31)30-15-13-29(14-16-30)21-10-8-20(9-11-21)26(33)34/h7-12,17-18,32H,13-16H2,1-6H3,(H,33,34)/b12-7+. The topological polar surface area (TPSA) is 81.1 Å². The minimum Gasteiger partial charge on any atom is -0.507 e. The lowest BCUT2D eigenvalue weighted by Crippen LogP contribution is -2.48. The highest BCUT2D eigenvalue weighted by molar-refractivity contribution is 5.92. The number of amides is 1. The van der Waals surface area contributed by atoms with Crippen LogP contribution in [0.1, 0.15) is 68.6 Å². The van der Waals surface area contributed by atoms with Gasteiger partial charge in [0.25, 0.3) is 0 Å². The molecule has 1 aliphatic rings. The SMILES string of the molecule is CC(C)(C)c1cc(/C=C/C(=O)N2CCN(c3ccc(C(=O)O)cc3)CC2)cc(C(C)(C)C)c1O. The van der Waals surface area contributed by atoms with Crippen molar-refractivity contribution in [3.8, 4) is 5.75 Å². The van der Waals surface area contributed by atoms with Crippen LogP contribution in [0.3, 0.4) is 0 Å². The summed E-state index contributed by atoms with van der Waals surface area (Å²) in [5, 5.41) is 20.0. The molecule has 6 heteroatoms. The number of hydrogen-bond acceptors (Lipinski definition) is 4. The van der Waals surface area contributed by atoms with Crippen molar-refractivity contribution in [2.24, 2.45) is 0 Å². The fourth-order valence-electron chi connectivity index (χ4n) is 4.17. The summed E-state index contributed by atoms with van der Waals surface area (Å²) in [5.74, 6) is -0.647. The number of rotatable bonds is 4. The van der Waals surface area contributed by atoms with E-state index < -0.39 is 5.97 Å². The van der Waals surface area contributed by atoms with E-state index in [4.69, 9.17) is 5.11 Å². The molecular formula is C28H36N2O4. The highest BCUT2D eigenvalue weighted by Gasteiger charge is 2.26. The molecule has 0 aliphatic carbocycles. The van der Waals surface area contributed by atoms with Crippen molar-refractivity contribution in [1.82, 2.24) is 4.90 Å². The van der Waals surface area contributed by atoms with Gasteiger partial charge in [-0.2, -0.15) is 0 Å². The zero-order valence-electron chi connectivity index (χ0n) is 21.1. The summed E-state index contributed by atoms with van der Waals surface area (Å²) < 4.78 is 0. The second kappa shape index (κ2) is 9.53. The lowest BCUT2D eigenvalue weighted by Gasteiger charge is -2.35. The summed E-state index contributed by atoms with van der Waals surface area (Å²) in [6.07, 6.45) is 3.45. The van der Waals surface area contributed by atoms with Crippen LogP contribution in [-0.4, -0.2) is 53.2 Å². The van der Waals surface area contributed by atoms with Crippen LogP contribution in [0.4, 0.5) is 5.69 Å². The molecule has 2 aromatic carbocycles. The van der Waals surface area contributed by atoms with Gasteiger partial charge in [-0.15, -0.1) is 0 Å². The maximum Gasteiger partial charge on any atom is 0.335 e. The molecular weight excluding hydrogens is 428 g/mol. The molecule has 1 amide bonds. The number of nitrogens with zero attached hydrogens (tertiary/aromatic N) is 2. The van der Waals surface area contributed by atoms with Crippen LogP contribution in [0.25, 0.3) is 6.08 Å². The van der Waals surface area contributed by atoms with Crippen LogP contribution in [0.5, 0.6) is 5.75 Å². The molecule has 2 aromatic rings. The predicted molar refractivity (Wildman–Crippen MR) is 137 cm³/mol. The Morgan fingerprint density at radius 2 is 1.35 bits per heavy atom. The number of anilines is 1. The smallest absolute Gasteiger partial charge is 0.335 e. The maximum absolute atomic E-state index is 12.9. The minimum absolute atomic E-state index is 0.0384. The molecule has 0 unspecified atom stereocenters. The van der Waals surface area contributed by atoms with Crippen LogP contribution in [0, 0.1) is 0 Å². The molecule has 6 nitrogen and oxygen atoms in total. The van der Waals surface area contributed by atoms with Crippen LogP contribution in [-0.2, 0) is 15.6 Å². The Balaban J connectivity index is 1.71. The fraction of sp³-hybridized carbons (Fsp3) is 0.429. The van der Waals surface area contributed by atoms with Gasteiger partial charge in [0.05, 0.1) is 5.56 Å². The second-order valence-corrected chi connectivity index (χ2v) is 11.0. The van der Waals surface area contributed by atoms with E-state index in [1.807, 2.05) is 35.2 Å². The third-order valence-corrected chi connectivity index (χ3v) is 6.24. The van der Waals surface area contributed by atoms with Crippen molar-refractivity contribution in [2.45, 2.75) is 52.4 Å². The second-order valence-electron chi connectivity index (χ2n) is 11.0. The number of aromatic carboxylic acids is 1. The number of benzene rings is 2. The highest BCUT2D eigenvalue weighted by Crippen LogP contribution is 2.40. The molecule has 0 saturated carbocycles. The number of carboxylic acids is 1. The Morgan fingerprint density at radius 1 is 0.853 bits per heavy atom. The van der Waals surface area contributed by atoms with Gasteiger partial charge in [0.2, 0.25) is 5.91 Å². The summed E-state index contributed by atoms with van der Waals surface area (Å²) >= 11 is 0. The molecule has 2 N–H and O–H groups in total. The van der Waals surface area contributed by atoms with Gasteiger partial charge < -0.3 is 20.0 Å². The number of hydrogen-bond donors (Lipinski definition) is 2. The maximum atomic E-state index is 12.9. The minimum atomic E-state index is -0.938. The monoisotopic (exact) mass is 464 g/mol. The van der Waals surface area contributed by atoms with Crippen LogP contribution in [0.2, 0.25) is 0 Å². The van der Waals surface area contributed by atoms with Crippen molar-refractivity contribution >= 4 is 23.6 Å². The highest BCUT2D eigenvalue weighted by atomic mass is 16.4. The Morgan fingerprint density at radius 3 is 1.79 bits per heavy atom. The predicted octanol–water partition coefficient (Wildman–Crippen LogP) is 5.05. The molecule has 3 rings (SSSR count). The molecule has 34 heavy (non-hydrogen) atoms. The summed E-state index contributed by atoms with van der Waals surface area (Å²) in [5.41, 5.74) is 3.41. The van der Waals surface area contributed by atoms with E-state index in [0.29, 0.717) is 31.9 Å². The number of phenols is 1. The first-order valence-electron chi connectivity index (χ1n) is 11.7. The van der Waals surface area contributed by atoms with Gasteiger partial charge in [-0.05, 0) is 58.9 Å². The zero-order chi connectivity index (χ0) is 25.3. The summed E-state index contributed by atoms with van der Waals surface area (Å²) in [6.45, 7) is 15.0. The van der Waals surface area contributed by atoms with E-state index >= 15 is 0 Å². The van der Waals surface area contributed by atoms with Gasteiger partial charge in [-0.3, -0.25) is 4.79 Å².